The monoisotopic (exact) mass is 323 g/mol. The third kappa shape index (κ3) is 3.21. The fourth-order valence-electron chi connectivity index (χ4n) is 2.51. The van der Waals surface area contributed by atoms with Crippen LogP contribution in [-0.2, 0) is 4.74 Å². The molecule has 0 bridgehead atoms. The molecule has 0 aliphatic rings. The van der Waals surface area contributed by atoms with Gasteiger partial charge in [0.05, 0.1) is 17.9 Å². The van der Waals surface area contributed by atoms with Crippen LogP contribution in [0.15, 0.2) is 54.6 Å². The van der Waals surface area contributed by atoms with Gasteiger partial charge in [-0.2, -0.15) is 0 Å². The number of benzene rings is 2. The molecule has 2 aromatic carbocycles. The van der Waals surface area contributed by atoms with E-state index in [4.69, 9.17) is 9.47 Å². The zero-order chi connectivity index (χ0) is 16.9. The average Bonchev–Trinajstić information content (AvgIpc) is 2.62. The number of pyridine rings is 1. The molecule has 0 aliphatic heterocycles. The molecule has 3 aromatic rings. The molecule has 0 radical (unpaired) electrons. The highest BCUT2D eigenvalue weighted by molar-refractivity contribution is 6.05. The van der Waals surface area contributed by atoms with E-state index in [0.717, 1.165) is 5.56 Å². The molecule has 122 valence electrons. The highest BCUT2D eigenvalue weighted by Gasteiger charge is 2.15. The SMILES string of the molecule is COCCOc1cccc2c(C(=O)O)cc(-c3ccccc3)nc12. The van der Waals surface area contributed by atoms with Gasteiger partial charge in [-0.15, -0.1) is 0 Å². The van der Waals surface area contributed by atoms with Gasteiger partial charge < -0.3 is 14.6 Å². The van der Waals surface area contributed by atoms with E-state index < -0.39 is 5.97 Å². The lowest BCUT2D eigenvalue weighted by atomic mass is 10.0. The van der Waals surface area contributed by atoms with Crippen molar-refractivity contribution in [2.24, 2.45) is 0 Å². The van der Waals surface area contributed by atoms with Crippen LogP contribution in [0.3, 0.4) is 0 Å². The van der Waals surface area contributed by atoms with Crippen LogP contribution < -0.4 is 4.74 Å². The molecule has 1 N–H and O–H groups in total. The molecule has 0 unspecified atom stereocenters. The van der Waals surface area contributed by atoms with Crippen LogP contribution in [0.5, 0.6) is 5.75 Å². The predicted molar refractivity (Wildman–Crippen MR) is 91.5 cm³/mol. The molecular weight excluding hydrogens is 306 g/mol. The summed E-state index contributed by atoms with van der Waals surface area (Å²) >= 11 is 0. The first-order valence-corrected chi connectivity index (χ1v) is 7.55. The smallest absolute Gasteiger partial charge is 0.336 e. The topological polar surface area (TPSA) is 68.7 Å². The molecule has 5 nitrogen and oxygen atoms in total. The zero-order valence-electron chi connectivity index (χ0n) is 13.2. The summed E-state index contributed by atoms with van der Waals surface area (Å²) in [5.74, 6) is -0.446. The molecule has 5 heteroatoms. The summed E-state index contributed by atoms with van der Waals surface area (Å²) in [7, 11) is 1.60. The number of fused-ring (bicyclic) bond motifs is 1. The summed E-state index contributed by atoms with van der Waals surface area (Å²) in [4.78, 5) is 16.3. The van der Waals surface area contributed by atoms with E-state index in [0.29, 0.717) is 35.6 Å². The van der Waals surface area contributed by atoms with Crippen molar-refractivity contribution in [2.75, 3.05) is 20.3 Å². The second-order valence-corrected chi connectivity index (χ2v) is 5.22. The van der Waals surface area contributed by atoms with Crippen LogP contribution in [0, 0.1) is 0 Å². The maximum atomic E-state index is 11.7. The second-order valence-electron chi connectivity index (χ2n) is 5.22. The Bertz CT molecular complexity index is 862. The lowest BCUT2D eigenvalue weighted by Gasteiger charge is -2.12. The van der Waals surface area contributed by atoms with Gasteiger partial charge in [0, 0.05) is 18.1 Å². The summed E-state index contributed by atoms with van der Waals surface area (Å²) < 4.78 is 10.7. The number of carbonyl (C=O) groups is 1. The number of rotatable bonds is 6. The van der Waals surface area contributed by atoms with E-state index in [1.54, 1.807) is 31.4 Å². The second kappa shape index (κ2) is 7.10. The van der Waals surface area contributed by atoms with Gasteiger partial charge in [-0.3, -0.25) is 0 Å². The molecule has 0 saturated heterocycles. The first-order valence-electron chi connectivity index (χ1n) is 7.55. The largest absolute Gasteiger partial charge is 0.489 e. The number of para-hydroxylation sites is 1. The van der Waals surface area contributed by atoms with E-state index in [1.165, 1.54) is 0 Å². The lowest BCUT2D eigenvalue weighted by Crippen LogP contribution is -2.06. The van der Waals surface area contributed by atoms with E-state index in [9.17, 15) is 9.90 Å². The first kappa shape index (κ1) is 16.0. The number of carboxylic acids is 1. The number of methoxy groups -OCH3 is 1. The van der Waals surface area contributed by atoms with E-state index in [2.05, 4.69) is 4.98 Å². The number of hydrogen-bond donors (Lipinski definition) is 1. The lowest BCUT2D eigenvalue weighted by molar-refractivity contribution is 0.0699. The van der Waals surface area contributed by atoms with Gasteiger partial charge in [0.1, 0.15) is 17.9 Å². The van der Waals surface area contributed by atoms with Gasteiger partial charge in [-0.1, -0.05) is 42.5 Å². The van der Waals surface area contributed by atoms with Gasteiger partial charge in [-0.25, -0.2) is 9.78 Å². The van der Waals surface area contributed by atoms with Crippen molar-refractivity contribution < 1.29 is 19.4 Å². The number of carboxylic acid groups (broad SMARTS) is 1. The Hall–Kier alpha value is -2.92. The maximum absolute atomic E-state index is 11.7. The average molecular weight is 323 g/mol. The Morgan fingerprint density at radius 2 is 1.88 bits per heavy atom. The standard InChI is InChI=1S/C19H17NO4/c1-23-10-11-24-17-9-5-8-14-15(19(21)22)12-16(20-18(14)17)13-6-3-2-4-7-13/h2-9,12H,10-11H2,1H3,(H,21,22). The quantitative estimate of drug-likeness (QED) is 0.702. The van der Waals surface area contributed by atoms with Crippen LogP contribution in [0.4, 0.5) is 0 Å². The number of aromatic carboxylic acids is 1. The predicted octanol–water partition coefficient (Wildman–Crippen LogP) is 3.63. The Kier molecular flexibility index (Phi) is 4.72. The molecule has 0 amide bonds. The van der Waals surface area contributed by atoms with E-state index in [-0.39, 0.29) is 5.56 Å². The molecule has 0 saturated carbocycles. The molecule has 0 atom stereocenters. The van der Waals surface area contributed by atoms with Gasteiger partial charge in [0.25, 0.3) is 0 Å². The fraction of sp³-hybridized carbons (Fsp3) is 0.158. The molecule has 0 spiro atoms. The minimum absolute atomic E-state index is 0.205. The van der Waals surface area contributed by atoms with E-state index >= 15 is 0 Å². The Morgan fingerprint density at radius 3 is 2.58 bits per heavy atom. The molecule has 24 heavy (non-hydrogen) atoms. The van der Waals surface area contributed by atoms with Crippen molar-refractivity contribution in [3.8, 4) is 17.0 Å². The van der Waals surface area contributed by atoms with Crippen LogP contribution >= 0.6 is 0 Å². The van der Waals surface area contributed by atoms with Crippen molar-refractivity contribution in [3.63, 3.8) is 0 Å². The van der Waals surface area contributed by atoms with Crippen LogP contribution in [-0.4, -0.2) is 36.4 Å². The van der Waals surface area contributed by atoms with Crippen molar-refractivity contribution >= 4 is 16.9 Å². The summed E-state index contributed by atoms with van der Waals surface area (Å²) in [6.07, 6.45) is 0. The van der Waals surface area contributed by atoms with Crippen molar-refractivity contribution in [1.82, 2.24) is 4.98 Å². The van der Waals surface area contributed by atoms with Gasteiger partial charge in [-0.05, 0) is 12.1 Å². The minimum atomic E-state index is -0.992. The van der Waals surface area contributed by atoms with Crippen LogP contribution in [0.2, 0.25) is 0 Å². The van der Waals surface area contributed by atoms with Gasteiger partial charge >= 0.3 is 5.97 Å². The van der Waals surface area contributed by atoms with Gasteiger partial charge in [0.15, 0.2) is 0 Å². The number of nitrogens with zero attached hydrogens (tertiary/aromatic N) is 1. The summed E-state index contributed by atoms with van der Waals surface area (Å²) in [5, 5.41) is 10.1. The van der Waals surface area contributed by atoms with Crippen LogP contribution in [0.25, 0.3) is 22.2 Å². The van der Waals surface area contributed by atoms with Crippen molar-refractivity contribution in [3.05, 3.63) is 60.2 Å². The first-order chi connectivity index (χ1) is 11.7. The molecular formula is C19H17NO4. The normalized spacial score (nSPS) is 10.7. The third-order valence-corrected chi connectivity index (χ3v) is 3.65. The van der Waals surface area contributed by atoms with Crippen molar-refractivity contribution in [1.29, 1.82) is 0 Å². The highest BCUT2D eigenvalue weighted by Crippen LogP contribution is 2.30. The Labute approximate surface area is 139 Å². The number of hydrogen-bond acceptors (Lipinski definition) is 4. The van der Waals surface area contributed by atoms with Gasteiger partial charge in [0.2, 0.25) is 0 Å². The minimum Gasteiger partial charge on any atom is -0.489 e. The Morgan fingerprint density at radius 1 is 1.08 bits per heavy atom. The van der Waals surface area contributed by atoms with E-state index in [1.807, 2.05) is 30.3 Å². The molecule has 0 fully saturated rings. The molecule has 1 aromatic heterocycles. The molecule has 3 rings (SSSR count). The zero-order valence-corrected chi connectivity index (χ0v) is 13.2. The molecule has 0 aliphatic carbocycles. The van der Waals surface area contributed by atoms with Crippen LogP contribution in [0.1, 0.15) is 10.4 Å². The third-order valence-electron chi connectivity index (χ3n) is 3.65. The number of ether oxygens (including phenoxy) is 2. The number of aromatic nitrogens is 1. The molecule has 1 heterocycles. The fourth-order valence-corrected chi connectivity index (χ4v) is 2.51. The maximum Gasteiger partial charge on any atom is 0.336 e. The Balaban J connectivity index is 2.18. The summed E-state index contributed by atoms with van der Waals surface area (Å²) in [6.45, 7) is 0.815. The van der Waals surface area contributed by atoms with Crippen molar-refractivity contribution in [2.45, 2.75) is 0 Å². The highest BCUT2D eigenvalue weighted by atomic mass is 16.5. The summed E-state index contributed by atoms with van der Waals surface area (Å²) in [5.41, 5.74) is 2.19. The summed E-state index contributed by atoms with van der Waals surface area (Å²) in [6, 6.07) is 16.4.